The lowest BCUT2D eigenvalue weighted by Crippen LogP contribution is -2.46. The second-order valence-corrected chi connectivity index (χ2v) is 5.80. The number of para-hydroxylation sites is 2. The summed E-state index contributed by atoms with van der Waals surface area (Å²) < 4.78 is 11.0. The molecule has 134 valence electrons. The fourth-order valence-corrected chi connectivity index (χ4v) is 2.41. The van der Waals surface area contributed by atoms with Crippen LogP contribution < -0.4 is 20.2 Å². The van der Waals surface area contributed by atoms with Crippen molar-refractivity contribution in [2.45, 2.75) is 6.10 Å². The first-order valence-electron chi connectivity index (χ1n) is 7.86. The molecule has 0 saturated heterocycles. The Kier molecular flexibility index (Phi) is 5.70. The third kappa shape index (κ3) is 4.52. The van der Waals surface area contributed by atoms with E-state index < -0.39 is 17.9 Å². The van der Waals surface area contributed by atoms with Crippen molar-refractivity contribution in [3.63, 3.8) is 0 Å². The number of carbonyl (C=O) groups excluding carboxylic acids is 2. The van der Waals surface area contributed by atoms with Gasteiger partial charge in [-0.25, -0.2) is 5.43 Å². The van der Waals surface area contributed by atoms with Gasteiger partial charge in [0, 0.05) is 10.6 Å². The molecule has 7 nitrogen and oxygen atoms in total. The summed E-state index contributed by atoms with van der Waals surface area (Å²) in [5.74, 6) is 0.166. The van der Waals surface area contributed by atoms with Gasteiger partial charge in [-0.15, -0.1) is 0 Å². The zero-order chi connectivity index (χ0) is 18.4. The van der Waals surface area contributed by atoms with E-state index in [-0.39, 0.29) is 13.2 Å². The first-order chi connectivity index (χ1) is 12.6. The van der Waals surface area contributed by atoms with E-state index in [9.17, 15) is 9.59 Å². The number of nitrogens with one attached hydrogen (secondary N) is 2. The van der Waals surface area contributed by atoms with Gasteiger partial charge < -0.3 is 14.8 Å². The molecule has 0 spiro atoms. The molecule has 1 aliphatic rings. The van der Waals surface area contributed by atoms with Gasteiger partial charge in [0.2, 0.25) is 6.10 Å². The van der Waals surface area contributed by atoms with Gasteiger partial charge in [0.1, 0.15) is 6.61 Å². The van der Waals surface area contributed by atoms with E-state index in [1.165, 1.54) is 6.21 Å². The van der Waals surface area contributed by atoms with Gasteiger partial charge in [-0.2, -0.15) is 5.10 Å². The predicted molar refractivity (Wildman–Crippen MR) is 96.6 cm³/mol. The van der Waals surface area contributed by atoms with Crippen LogP contribution in [0.1, 0.15) is 5.56 Å². The highest BCUT2D eigenvalue weighted by molar-refractivity contribution is 6.33. The Morgan fingerprint density at radius 3 is 2.69 bits per heavy atom. The van der Waals surface area contributed by atoms with Crippen LogP contribution in [0.2, 0.25) is 5.02 Å². The molecule has 0 bridgehead atoms. The van der Waals surface area contributed by atoms with Crippen LogP contribution in [0.4, 0.5) is 0 Å². The van der Waals surface area contributed by atoms with Crippen molar-refractivity contribution in [1.82, 2.24) is 10.7 Å². The third-order valence-corrected chi connectivity index (χ3v) is 3.87. The molecule has 0 saturated carbocycles. The Bertz CT molecular complexity index is 841. The van der Waals surface area contributed by atoms with Crippen LogP contribution in [-0.4, -0.2) is 37.3 Å². The van der Waals surface area contributed by atoms with Gasteiger partial charge in [0.15, 0.2) is 11.5 Å². The van der Waals surface area contributed by atoms with Crippen LogP contribution in [0.15, 0.2) is 53.6 Å². The Morgan fingerprint density at radius 2 is 1.88 bits per heavy atom. The van der Waals surface area contributed by atoms with Crippen molar-refractivity contribution in [3.8, 4) is 11.5 Å². The first-order valence-corrected chi connectivity index (χ1v) is 8.24. The van der Waals surface area contributed by atoms with Crippen LogP contribution in [0.25, 0.3) is 0 Å². The molecule has 0 radical (unpaired) electrons. The number of halogens is 1. The molecular weight excluding hydrogens is 358 g/mol. The number of nitrogens with zero attached hydrogens (tertiary/aromatic N) is 1. The van der Waals surface area contributed by atoms with Gasteiger partial charge in [-0.3, -0.25) is 9.59 Å². The van der Waals surface area contributed by atoms with E-state index in [2.05, 4.69) is 15.8 Å². The topological polar surface area (TPSA) is 89.0 Å². The molecule has 8 heteroatoms. The molecule has 0 aromatic heterocycles. The lowest BCUT2D eigenvalue weighted by Gasteiger charge is -2.25. The van der Waals surface area contributed by atoms with Crippen molar-refractivity contribution in [2.75, 3.05) is 13.2 Å². The molecule has 2 amide bonds. The number of hydrazone groups is 1. The van der Waals surface area contributed by atoms with Crippen LogP contribution in [-0.2, 0) is 9.59 Å². The number of benzene rings is 2. The molecular formula is C18H16ClN3O4. The highest BCUT2D eigenvalue weighted by Gasteiger charge is 2.27. The number of amides is 2. The Labute approximate surface area is 154 Å². The maximum absolute atomic E-state index is 12.1. The van der Waals surface area contributed by atoms with E-state index in [1.807, 2.05) is 6.07 Å². The smallest absolute Gasteiger partial charge is 0.265 e. The average Bonchev–Trinajstić information content (AvgIpc) is 2.67. The fraction of sp³-hybridized carbons (Fsp3) is 0.167. The molecule has 3 rings (SSSR count). The fourth-order valence-electron chi connectivity index (χ4n) is 2.22. The Morgan fingerprint density at radius 1 is 1.15 bits per heavy atom. The number of hydrogen-bond donors (Lipinski definition) is 2. The minimum absolute atomic E-state index is 0.0785. The summed E-state index contributed by atoms with van der Waals surface area (Å²) in [5.41, 5.74) is 2.99. The summed E-state index contributed by atoms with van der Waals surface area (Å²) in [4.78, 5) is 23.9. The van der Waals surface area contributed by atoms with Crippen LogP contribution in [0, 0.1) is 0 Å². The summed E-state index contributed by atoms with van der Waals surface area (Å²) in [7, 11) is 0. The Hall–Kier alpha value is -3.06. The molecule has 2 aromatic rings. The number of carbonyl (C=O) groups is 2. The second kappa shape index (κ2) is 8.35. The normalized spacial score (nSPS) is 15.5. The number of fused-ring (bicyclic) bond motifs is 1. The molecule has 2 N–H and O–H groups in total. The molecule has 2 aromatic carbocycles. The minimum atomic E-state index is -0.815. The first kappa shape index (κ1) is 17.8. The number of hydrogen-bond acceptors (Lipinski definition) is 5. The molecule has 1 atom stereocenters. The summed E-state index contributed by atoms with van der Waals surface area (Å²) in [6.45, 7) is -0.157. The molecule has 26 heavy (non-hydrogen) atoms. The standard InChI is InChI=1S/C18H16ClN3O4/c19-13-6-2-1-5-12(13)9-21-22-17(23)10-20-18(24)16-11-25-14-7-3-4-8-15(14)26-16/h1-9,16H,10-11H2,(H,20,24)(H,22,23)/b21-9+/t16-/m1/s1. The van der Waals surface area contributed by atoms with E-state index in [0.29, 0.717) is 22.1 Å². The highest BCUT2D eigenvalue weighted by atomic mass is 35.5. The molecule has 0 unspecified atom stereocenters. The van der Waals surface area contributed by atoms with E-state index >= 15 is 0 Å². The number of rotatable bonds is 5. The van der Waals surface area contributed by atoms with Gasteiger partial charge in [0.05, 0.1) is 12.8 Å². The van der Waals surface area contributed by atoms with Crippen LogP contribution >= 0.6 is 11.6 Å². The van der Waals surface area contributed by atoms with E-state index in [0.717, 1.165) is 0 Å². The largest absolute Gasteiger partial charge is 0.485 e. The van der Waals surface area contributed by atoms with Gasteiger partial charge in [-0.1, -0.05) is 41.9 Å². The van der Waals surface area contributed by atoms with Crippen molar-refractivity contribution < 1.29 is 19.1 Å². The lowest BCUT2D eigenvalue weighted by atomic mass is 10.2. The van der Waals surface area contributed by atoms with Crippen molar-refractivity contribution in [3.05, 3.63) is 59.1 Å². The van der Waals surface area contributed by atoms with Gasteiger partial charge >= 0.3 is 0 Å². The highest BCUT2D eigenvalue weighted by Crippen LogP contribution is 2.30. The monoisotopic (exact) mass is 373 g/mol. The van der Waals surface area contributed by atoms with E-state index in [1.54, 1.807) is 42.5 Å². The lowest BCUT2D eigenvalue weighted by molar-refractivity contribution is -0.132. The molecule has 1 aliphatic heterocycles. The average molecular weight is 374 g/mol. The van der Waals surface area contributed by atoms with Gasteiger partial charge in [0.25, 0.3) is 11.8 Å². The van der Waals surface area contributed by atoms with Crippen molar-refractivity contribution in [2.24, 2.45) is 5.10 Å². The zero-order valence-electron chi connectivity index (χ0n) is 13.6. The quantitative estimate of drug-likeness (QED) is 0.617. The summed E-state index contributed by atoms with van der Waals surface area (Å²) >= 11 is 5.98. The van der Waals surface area contributed by atoms with Gasteiger partial charge in [-0.05, 0) is 18.2 Å². The van der Waals surface area contributed by atoms with Crippen LogP contribution in [0.5, 0.6) is 11.5 Å². The van der Waals surface area contributed by atoms with E-state index in [4.69, 9.17) is 21.1 Å². The van der Waals surface area contributed by atoms with Crippen molar-refractivity contribution >= 4 is 29.6 Å². The zero-order valence-corrected chi connectivity index (χ0v) is 14.4. The third-order valence-electron chi connectivity index (χ3n) is 3.52. The molecule has 1 heterocycles. The van der Waals surface area contributed by atoms with Crippen molar-refractivity contribution in [1.29, 1.82) is 0 Å². The molecule has 0 fully saturated rings. The second-order valence-electron chi connectivity index (χ2n) is 5.40. The minimum Gasteiger partial charge on any atom is -0.485 e. The molecule has 0 aliphatic carbocycles. The van der Waals surface area contributed by atoms with Crippen LogP contribution in [0.3, 0.4) is 0 Å². The summed E-state index contributed by atoms with van der Waals surface area (Å²) in [6, 6.07) is 14.2. The summed E-state index contributed by atoms with van der Waals surface area (Å²) in [5, 5.41) is 6.82. The maximum atomic E-state index is 12.1. The number of ether oxygens (including phenoxy) is 2. The Balaban J connectivity index is 1.45. The maximum Gasteiger partial charge on any atom is 0.265 e. The SMILES string of the molecule is O=C(CNC(=O)[C@H]1COc2ccccc2O1)N/N=C/c1ccccc1Cl. The predicted octanol–water partition coefficient (Wildman–Crippen LogP) is 1.75. The summed E-state index contributed by atoms with van der Waals surface area (Å²) in [6.07, 6.45) is 0.612.